The smallest absolute Gasteiger partial charge is 0.122 e. The lowest BCUT2D eigenvalue weighted by molar-refractivity contribution is 0.299. The highest BCUT2D eigenvalue weighted by molar-refractivity contribution is 5.43. The maximum atomic E-state index is 5.60. The van der Waals surface area contributed by atoms with Crippen LogP contribution in [0.1, 0.15) is 46.6 Å². The Bertz CT molecular complexity index is 801. The van der Waals surface area contributed by atoms with Crippen molar-refractivity contribution < 1.29 is 4.74 Å². The van der Waals surface area contributed by atoms with Crippen molar-refractivity contribution in [1.82, 2.24) is 9.80 Å². The number of rotatable bonds is 6. The van der Waals surface area contributed by atoms with Crippen LogP contribution in [-0.2, 0) is 25.9 Å². The van der Waals surface area contributed by atoms with Gasteiger partial charge in [-0.05, 0) is 79.6 Å². The Morgan fingerprint density at radius 2 is 2.00 bits per heavy atom. The van der Waals surface area contributed by atoms with Crippen LogP contribution in [0.25, 0.3) is 0 Å². The minimum Gasteiger partial charge on any atom is -0.496 e. The molecule has 1 aliphatic carbocycles. The molecule has 1 unspecified atom stereocenters. The Hall–Kier alpha value is -1.84. The van der Waals surface area contributed by atoms with Crippen LogP contribution in [0.15, 0.2) is 36.4 Å². The van der Waals surface area contributed by atoms with Gasteiger partial charge in [-0.1, -0.05) is 30.3 Å². The minimum absolute atomic E-state index is 0.627. The fourth-order valence-electron chi connectivity index (χ4n) is 4.86. The zero-order valence-corrected chi connectivity index (χ0v) is 17.0. The van der Waals surface area contributed by atoms with Gasteiger partial charge in [-0.3, -0.25) is 4.90 Å². The fourth-order valence-corrected chi connectivity index (χ4v) is 4.86. The van der Waals surface area contributed by atoms with Gasteiger partial charge in [0.25, 0.3) is 0 Å². The number of nitrogens with zero attached hydrogens (tertiary/aromatic N) is 2. The Morgan fingerprint density at radius 1 is 1.15 bits per heavy atom. The Labute approximate surface area is 163 Å². The molecule has 0 spiro atoms. The monoisotopic (exact) mass is 364 g/mol. The highest BCUT2D eigenvalue weighted by Crippen LogP contribution is 2.36. The van der Waals surface area contributed by atoms with E-state index in [0.29, 0.717) is 5.92 Å². The number of ether oxygens (including phenoxy) is 1. The summed E-state index contributed by atoms with van der Waals surface area (Å²) in [5, 5.41) is 0. The van der Waals surface area contributed by atoms with Crippen molar-refractivity contribution in [2.24, 2.45) is 0 Å². The maximum Gasteiger partial charge on any atom is 0.122 e. The van der Waals surface area contributed by atoms with Crippen LogP contribution in [0.4, 0.5) is 0 Å². The third-order valence-corrected chi connectivity index (χ3v) is 6.27. The predicted octanol–water partition coefficient (Wildman–Crippen LogP) is 4.24. The molecule has 2 aromatic rings. The Morgan fingerprint density at radius 3 is 2.85 bits per heavy atom. The van der Waals surface area contributed by atoms with E-state index in [1.807, 2.05) is 0 Å². The molecule has 1 atom stereocenters. The SMILES string of the molecule is COc1cccc2c1CCCC2CN(C)CCc1ccc2c(c1)CN(C)C2. The first kappa shape index (κ1) is 18.5. The first-order chi connectivity index (χ1) is 13.1. The lowest BCUT2D eigenvalue weighted by Gasteiger charge is -2.30. The van der Waals surface area contributed by atoms with E-state index in [4.69, 9.17) is 4.74 Å². The summed E-state index contributed by atoms with van der Waals surface area (Å²) in [6.07, 6.45) is 4.84. The summed E-state index contributed by atoms with van der Waals surface area (Å²) in [7, 11) is 6.26. The van der Waals surface area contributed by atoms with Crippen molar-refractivity contribution in [2.75, 3.05) is 34.3 Å². The molecule has 1 heterocycles. The molecule has 3 nitrogen and oxygen atoms in total. The van der Waals surface area contributed by atoms with Gasteiger partial charge < -0.3 is 9.64 Å². The fraction of sp³-hybridized carbons (Fsp3) is 0.500. The number of likely N-dealkylation sites (N-methyl/N-ethyl adjacent to an activating group) is 1. The van der Waals surface area contributed by atoms with Crippen molar-refractivity contribution in [2.45, 2.75) is 44.7 Å². The van der Waals surface area contributed by atoms with Gasteiger partial charge >= 0.3 is 0 Å². The molecule has 0 radical (unpaired) electrons. The number of benzene rings is 2. The number of hydrogen-bond acceptors (Lipinski definition) is 3. The molecule has 1 aliphatic heterocycles. The standard InChI is InChI=1S/C24H32N2O/c1-25(13-12-18-10-11-19-15-26(2)17-21(19)14-18)16-20-6-4-8-23-22(20)7-5-9-24(23)27-3/h5,7,9-11,14,20H,4,6,8,12-13,15-17H2,1-3H3. The van der Waals surface area contributed by atoms with Crippen LogP contribution in [-0.4, -0.2) is 44.1 Å². The van der Waals surface area contributed by atoms with E-state index in [1.165, 1.54) is 40.7 Å². The van der Waals surface area contributed by atoms with Gasteiger partial charge in [0.2, 0.25) is 0 Å². The lowest BCUT2D eigenvalue weighted by Crippen LogP contribution is -2.28. The number of hydrogen-bond donors (Lipinski definition) is 0. The van der Waals surface area contributed by atoms with E-state index in [0.717, 1.165) is 44.8 Å². The van der Waals surface area contributed by atoms with E-state index in [9.17, 15) is 0 Å². The van der Waals surface area contributed by atoms with Crippen LogP contribution in [0.2, 0.25) is 0 Å². The molecule has 0 N–H and O–H groups in total. The van der Waals surface area contributed by atoms with Gasteiger partial charge in [0.05, 0.1) is 7.11 Å². The normalized spacial score (nSPS) is 19.2. The summed E-state index contributed by atoms with van der Waals surface area (Å²) >= 11 is 0. The summed E-state index contributed by atoms with van der Waals surface area (Å²) in [6.45, 7) is 4.44. The summed E-state index contributed by atoms with van der Waals surface area (Å²) in [5.41, 5.74) is 7.44. The summed E-state index contributed by atoms with van der Waals surface area (Å²) in [6, 6.07) is 13.7. The van der Waals surface area contributed by atoms with Gasteiger partial charge in [-0.25, -0.2) is 0 Å². The predicted molar refractivity (Wildman–Crippen MR) is 111 cm³/mol. The molecule has 144 valence electrons. The molecule has 2 aromatic carbocycles. The van der Waals surface area contributed by atoms with E-state index >= 15 is 0 Å². The van der Waals surface area contributed by atoms with Gasteiger partial charge in [0, 0.05) is 26.2 Å². The second-order valence-electron chi connectivity index (χ2n) is 8.40. The Kier molecular flexibility index (Phi) is 5.51. The van der Waals surface area contributed by atoms with Crippen molar-refractivity contribution in [1.29, 1.82) is 0 Å². The highest BCUT2D eigenvalue weighted by Gasteiger charge is 2.23. The zero-order chi connectivity index (χ0) is 18.8. The van der Waals surface area contributed by atoms with E-state index in [-0.39, 0.29) is 0 Å². The minimum atomic E-state index is 0.627. The molecule has 0 bridgehead atoms. The average molecular weight is 365 g/mol. The molecule has 0 fully saturated rings. The Balaban J connectivity index is 1.37. The molecule has 2 aliphatic rings. The number of fused-ring (bicyclic) bond motifs is 2. The van der Waals surface area contributed by atoms with Crippen molar-refractivity contribution >= 4 is 0 Å². The van der Waals surface area contributed by atoms with Gasteiger partial charge in [-0.2, -0.15) is 0 Å². The first-order valence-electron chi connectivity index (χ1n) is 10.3. The molecular weight excluding hydrogens is 332 g/mol. The maximum absolute atomic E-state index is 5.60. The topological polar surface area (TPSA) is 15.7 Å². The van der Waals surface area contributed by atoms with Crippen LogP contribution in [0, 0.1) is 0 Å². The van der Waals surface area contributed by atoms with Crippen LogP contribution < -0.4 is 4.74 Å². The molecule has 4 rings (SSSR count). The van der Waals surface area contributed by atoms with E-state index in [2.05, 4.69) is 60.3 Å². The number of methoxy groups -OCH3 is 1. The zero-order valence-electron chi connectivity index (χ0n) is 17.0. The summed E-state index contributed by atoms with van der Waals surface area (Å²) < 4.78 is 5.60. The van der Waals surface area contributed by atoms with Gasteiger partial charge in [0.1, 0.15) is 5.75 Å². The third kappa shape index (κ3) is 4.04. The molecule has 0 aromatic heterocycles. The summed E-state index contributed by atoms with van der Waals surface area (Å²) in [5.74, 6) is 1.70. The van der Waals surface area contributed by atoms with Crippen LogP contribution in [0.3, 0.4) is 0 Å². The third-order valence-electron chi connectivity index (χ3n) is 6.27. The van der Waals surface area contributed by atoms with Crippen LogP contribution in [0.5, 0.6) is 5.75 Å². The van der Waals surface area contributed by atoms with Gasteiger partial charge in [0.15, 0.2) is 0 Å². The van der Waals surface area contributed by atoms with E-state index < -0.39 is 0 Å². The molecule has 3 heteroatoms. The van der Waals surface area contributed by atoms with E-state index in [1.54, 1.807) is 7.11 Å². The first-order valence-corrected chi connectivity index (χ1v) is 10.3. The molecule has 0 saturated heterocycles. The van der Waals surface area contributed by atoms with Crippen molar-refractivity contribution in [3.05, 3.63) is 64.2 Å². The second kappa shape index (κ2) is 8.04. The van der Waals surface area contributed by atoms with Gasteiger partial charge in [-0.15, -0.1) is 0 Å². The molecular formula is C24H32N2O. The molecule has 27 heavy (non-hydrogen) atoms. The van der Waals surface area contributed by atoms with Crippen molar-refractivity contribution in [3.63, 3.8) is 0 Å². The second-order valence-corrected chi connectivity index (χ2v) is 8.40. The van der Waals surface area contributed by atoms with Crippen molar-refractivity contribution in [3.8, 4) is 5.75 Å². The lowest BCUT2D eigenvalue weighted by atomic mass is 9.82. The molecule has 0 amide bonds. The largest absolute Gasteiger partial charge is 0.496 e. The quantitative estimate of drug-likeness (QED) is 0.763. The van der Waals surface area contributed by atoms with Crippen LogP contribution >= 0.6 is 0 Å². The highest BCUT2D eigenvalue weighted by atomic mass is 16.5. The average Bonchev–Trinajstić information content (AvgIpc) is 3.05. The summed E-state index contributed by atoms with van der Waals surface area (Å²) in [4.78, 5) is 4.90. The molecule has 0 saturated carbocycles.